The van der Waals surface area contributed by atoms with Crippen LogP contribution < -0.4 is 10.6 Å². The number of aliphatic hydroxyl groups excluding tert-OH is 1. The molecule has 1 saturated heterocycles. The van der Waals surface area contributed by atoms with Crippen LogP contribution >= 0.6 is 0 Å². The Kier molecular flexibility index (Phi) is 5.19. The van der Waals surface area contributed by atoms with Gasteiger partial charge in [-0.05, 0) is 37.8 Å². The van der Waals surface area contributed by atoms with Gasteiger partial charge in [-0.15, -0.1) is 0 Å². The maximum absolute atomic E-state index is 13.1. The van der Waals surface area contributed by atoms with Gasteiger partial charge in [0.1, 0.15) is 17.0 Å². The van der Waals surface area contributed by atoms with Crippen molar-refractivity contribution in [1.82, 2.24) is 29.5 Å². The highest BCUT2D eigenvalue weighted by molar-refractivity contribution is 6.01. The van der Waals surface area contributed by atoms with E-state index >= 15 is 0 Å². The number of rotatable bonds is 5. The molecule has 3 N–H and O–H groups in total. The molecule has 6 rings (SSSR count). The molecule has 10 nitrogen and oxygen atoms in total. The molecular formula is C24H27N7O3. The molecule has 5 heterocycles. The van der Waals surface area contributed by atoms with E-state index in [0.717, 1.165) is 48.2 Å². The first kappa shape index (κ1) is 21.1. The molecule has 1 aliphatic carbocycles. The molecule has 176 valence electrons. The fraction of sp³-hybridized carbons (Fsp3) is 0.417. The summed E-state index contributed by atoms with van der Waals surface area (Å²) in [4.78, 5) is 22.6. The number of hydrogen-bond acceptors (Lipinski definition) is 7. The summed E-state index contributed by atoms with van der Waals surface area (Å²) in [5.41, 5.74) is 3.39. The third-order valence-electron chi connectivity index (χ3n) is 6.93. The molecule has 4 aromatic heterocycles. The summed E-state index contributed by atoms with van der Waals surface area (Å²) < 4.78 is 9.42. The van der Waals surface area contributed by atoms with Crippen LogP contribution in [-0.4, -0.2) is 67.6 Å². The highest BCUT2D eigenvalue weighted by Gasteiger charge is 2.29. The predicted molar refractivity (Wildman–Crippen MR) is 127 cm³/mol. The molecule has 3 atom stereocenters. The second-order valence-electron chi connectivity index (χ2n) is 8.99. The Morgan fingerprint density at radius 3 is 2.94 bits per heavy atom. The summed E-state index contributed by atoms with van der Waals surface area (Å²) >= 11 is 0. The molecule has 0 radical (unpaired) electrons. The maximum atomic E-state index is 13.1. The first-order chi connectivity index (χ1) is 16.6. The second kappa shape index (κ2) is 8.37. The molecule has 2 aliphatic rings. The lowest BCUT2D eigenvalue weighted by Gasteiger charge is -2.16. The third kappa shape index (κ3) is 3.41. The predicted octanol–water partition coefficient (Wildman–Crippen LogP) is 2.39. The van der Waals surface area contributed by atoms with Crippen LogP contribution in [0, 0.1) is 0 Å². The number of nitrogens with one attached hydrogen (secondary N) is 2. The number of fused-ring (bicyclic) bond motifs is 2. The van der Waals surface area contributed by atoms with Gasteiger partial charge >= 0.3 is 0 Å². The van der Waals surface area contributed by atoms with Gasteiger partial charge in [-0.2, -0.15) is 9.61 Å². The summed E-state index contributed by atoms with van der Waals surface area (Å²) in [7, 11) is 1.82. The standard InChI is InChI=1S/C24H27N7O3/c1-25-21-10-19(17-12-30(14-7-9-34-13-14)22-15(17)4-3-8-26-22)28-23-16(11-27-31(21)23)24(33)29-18-5-2-6-20(18)32/h3-4,8,10-12,14,18,20,25,32H,2,5-7,9,13H2,1H3,(H,29,33)/t14-,18-,20+/m0/s1. The van der Waals surface area contributed by atoms with Crippen LogP contribution in [0.2, 0.25) is 0 Å². The van der Waals surface area contributed by atoms with Gasteiger partial charge in [0.15, 0.2) is 5.65 Å². The molecule has 4 aromatic rings. The lowest BCUT2D eigenvalue weighted by Crippen LogP contribution is -2.39. The maximum Gasteiger partial charge on any atom is 0.257 e. The molecular weight excluding hydrogens is 434 g/mol. The summed E-state index contributed by atoms with van der Waals surface area (Å²) in [6.07, 6.45) is 8.21. The van der Waals surface area contributed by atoms with Gasteiger partial charge in [-0.25, -0.2) is 9.97 Å². The topological polar surface area (TPSA) is 119 Å². The van der Waals surface area contributed by atoms with Crippen LogP contribution in [0.3, 0.4) is 0 Å². The zero-order valence-electron chi connectivity index (χ0n) is 18.9. The Balaban J connectivity index is 1.46. The van der Waals surface area contributed by atoms with E-state index in [1.807, 2.05) is 25.2 Å². The normalized spacial score (nSPS) is 22.6. The van der Waals surface area contributed by atoms with Crippen molar-refractivity contribution in [3.05, 3.63) is 42.4 Å². The Hall–Kier alpha value is -3.50. The van der Waals surface area contributed by atoms with Crippen molar-refractivity contribution >= 4 is 28.4 Å². The minimum Gasteiger partial charge on any atom is -0.391 e. The minimum atomic E-state index is -0.514. The monoisotopic (exact) mass is 461 g/mol. The molecule has 2 fully saturated rings. The number of aromatic nitrogens is 5. The molecule has 0 unspecified atom stereocenters. The van der Waals surface area contributed by atoms with Crippen molar-refractivity contribution in [2.24, 2.45) is 0 Å². The molecule has 1 saturated carbocycles. The van der Waals surface area contributed by atoms with Crippen molar-refractivity contribution in [3.63, 3.8) is 0 Å². The summed E-state index contributed by atoms with van der Waals surface area (Å²) in [5, 5.41) is 21.7. The third-order valence-corrected chi connectivity index (χ3v) is 6.93. The molecule has 1 aliphatic heterocycles. The summed E-state index contributed by atoms with van der Waals surface area (Å²) in [5.74, 6) is 0.439. The van der Waals surface area contributed by atoms with E-state index in [0.29, 0.717) is 30.1 Å². The van der Waals surface area contributed by atoms with Gasteiger partial charge in [-0.1, -0.05) is 0 Å². The van der Waals surface area contributed by atoms with Gasteiger partial charge in [0.2, 0.25) is 0 Å². The van der Waals surface area contributed by atoms with Crippen molar-refractivity contribution in [2.75, 3.05) is 25.6 Å². The average Bonchev–Trinajstić information content (AvgIpc) is 3.64. The van der Waals surface area contributed by atoms with Gasteiger partial charge in [0, 0.05) is 43.1 Å². The van der Waals surface area contributed by atoms with E-state index in [9.17, 15) is 9.90 Å². The fourth-order valence-corrected chi connectivity index (χ4v) is 5.10. The number of carbonyl (C=O) groups excluding carboxylic acids is 1. The molecule has 1 amide bonds. The smallest absolute Gasteiger partial charge is 0.257 e. The molecule has 0 aromatic carbocycles. The Morgan fingerprint density at radius 1 is 1.26 bits per heavy atom. The Morgan fingerprint density at radius 2 is 2.18 bits per heavy atom. The Bertz CT molecular complexity index is 1370. The summed E-state index contributed by atoms with van der Waals surface area (Å²) in [6, 6.07) is 5.88. The second-order valence-corrected chi connectivity index (χ2v) is 8.99. The number of anilines is 1. The van der Waals surface area contributed by atoms with Crippen LogP contribution in [0.4, 0.5) is 5.82 Å². The number of amides is 1. The average molecular weight is 462 g/mol. The van der Waals surface area contributed by atoms with Crippen molar-refractivity contribution in [3.8, 4) is 11.3 Å². The first-order valence-electron chi connectivity index (χ1n) is 11.7. The molecule has 0 spiro atoms. The zero-order chi connectivity index (χ0) is 23.2. The lowest BCUT2D eigenvalue weighted by molar-refractivity contribution is 0.0874. The largest absolute Gasteiger partial charge is 0.391 e. The number of hydrogen-bond donors (Lipinski definition) is 3. The molecule has 10 heteroatoms. The van der Waals surface area contributed by atoms with E-state index in [1.165, 1.54) is 6.20 Å². The number of aliphatic hydroxyl groups is 1. The van der Waals surface area contributed by atoms with E-state index in [4.69, 9.17) is 9.72 Å². The lowest BCUT2D eigenvalue weighted by atomic mass is 10.1. The van der Waals surface area contributed by atoms with E-state index in [2.05, 4.69) is 31.5 Å². The van der Waals surface area contributed by atoms with Crippen molar-refractivity contribution in [1.29, 1.82) is 0 Å². The highest BCUT2D eigenvalue weighted by atomic mass is 16.5. The van der Waals surface area contributed by atoms with Crippen LogP contribution in [0.25, 0.3) is 27.9 Å². The van der Waals surface area contributed by atoms with E-state index < -0.39 is 6.10 Å². The minimum absolute atomic E-state index is 0.229. The van der Waals surface area contributed by atoms with Crippen LogP contribution in [0.5, 0.6) is 0 Å². The first-order valence-corrected chi connectivity index (χ1v) is 11.7. The van der Waals surface area contributed by atoms with Crippen LogP contribution in [0.1, 0.15) is 42.1 Å². The van der Waals surface area contributed by atoms with E-state index in [-0.39, 0.29) is 18.0 Å². The summed E-state index contributed by atoms with van der Waals surface area (Å²) in [6.45, 7) is 1.40. The SMILES string of the molecule is CNc1cc(-c2cn([C@H]3CCOC3)c3ncccc23)nc2c(C(=O)N[C@H]3CCC[C@H]3O)cnn12. The quantitative estimate of drug-likeness (QED) is 0.418. The Labute approximate surface area is 196 Å². The van der Waals surface area contributed by atoms with Gasteiger partial charge in [-0.3, -0.25) is 4.79 Å². The van der Waals surface area contributed by atoms with Gasteiger partial charge < -0.3 is 25.0 Å². The molecule has 0 bridgehead atoms. The molecule has 34 heavy (non-hydrogen) atoms. The number of ether oxygens (including phenoxy) is 1. The van der Waals surface area contributed by atoms with Crippen LogP contribution in [-0.2, 0) is 4.74 Å². The highest BCUT2D eigenvalue weighted by Crippen LogP contribution is 2.34. The number of pyridine rings is 1. The van der Waals surface area contributed by atoms with Crippen molar-refractivity contribution < 1.29 is 14.6 Å². The van der Waals surface area contributed by atoms with Gasteiger partial charge in [0.05, 0.1) is 36.7 Å². The zero-order valence-corrected chi connectivity index (χ0v) is 18.9. The van der Waals surface area contributed by atoms with Gasteiger partial charge in [0.25, 0.3) is 5.91 Å². The van der Waals surface area contributed by atoms with Crippen molar-refractivity contribution in [2.45, 2.75) is 43.9 Å². The number of nitrogens with zero attached hydrogens (tertiary/aromatic N) is 5. The van der Waals surface area contributed by atoms with E-state index in [1.54, 1.807) is 10.7 Å². The number of carbonyl (C=O) groups is 1. The van der Waals surface area contributed by atoms with Crippen LogP contribution in [0.15, 0.2) is 36.8 Å². The fourth-order valence-electron chi connectivity index (χ4n) is 5.10.